The molecule has 0 saturated carbocycles. The summed E-state index contributed by atoms with van der Waals surface area (Å²) in [6.07, 6.45) is 2.35. The van der Waals surface area contributed by atoms with E-state index in [9.17, 15) is 18.0 Å². The molecular weight excluding hydrogens is 412 g/mol. The number of piperazine rings is 1. The summed E-state index contributed by atoms with van der Waals surface area (Å²) in [6.45, 7) is 3.39. The zero-order valence-corrected chi connectivity index (χ0v) is 18.8. The average Bonchev–Trinajstić information content (AvgIpc) is 2.78. The summed E-state index contributed by atoms with van der Waals surface area (Å²) in [6, 6.07) is 16.7. The van der Waals surface area contributed by atoms with Crippen LogP contribution in [0.2, 0.25) is 0 Å². The van der Waals surface area contributed by atoms with Crippen LogP contribution in [-0.4, -0.2) is 55.5 Å². The fourth-order valence-electron chi connectivity index (χ4n) is 3.76. The molecule has 0 aromatic heterocycles. The van der Waals surface area contributed by atoms with Gasteiger partial charge in [-0.15, -0.1) is 0 Å². The van der Waals surface area contributed by atoms with Crippen molar-refractivity contribution in [1.82, 2.24) is 9.21 Å². The lowest BCUT2D eigenvalue weighted by Gasteiger charge is -2.34. The first-order valence-electron chi connectivity index (χ1n) is 10.8. The smallest absolute Gasteiger partial charge is 0.223 e. The molecule has 6 nitrogen and oxygen atoms in total. The first kappa shape index (κ1) is 23.2. The highest BCUT2D eigenvalue weighted by molar-refractivity contribution is 7.88. The molecule has 0 bridgehead atoms. The number of carbonyl (C=O) groups excluding carboxylic acids is 2. The van der Waals surface area contributed by atoms with Gasteiger partial charge in [0.1, 0.15) is 0 Å². The van der Waals surface area contributed by atoms with E-state index in [1.165, 1.54) is 9.87 Å². The average molecular weight is 443 g/mol. The van der Waals surface area contributed by atoms with Crippen LogP contribution in [0.3, 0.4) is 0 Å². The molecule has 166 valence electrons. The van der Waals surface area contributed by atoms with Crippen molar-refractivity contribution in [2.45, 2.75) is 38.4 Å². The highest BCUT2D eigenvalue weighted by Gasteiger charge is 2.29. The summed E-state index contributed by atoms with van der Waals surface area (Å²) < 4.78 is 26.7. The Labute approximate surface area is 184 Å². The molecule has 2 aromatic carbocycles. The van der Waals surface area contributed by atoms with Gasteiger partial charge < -0.3 is 4.90 Å². The third-order valence-electron chi connectivity index (χ3n) is 5.56. The van der Waals surface area contributed by atoms with Gasteiger partial charge in [-0.3, -0.25) is 9.59 Å². The van der Waals surface area contributed by atoms with Gasteiger partial charge in [0.2, 0.25) is 15.9 Å². The number of benzene rings is 2. The summed E-state index contributed by atoms with van der Waals surface area (Å²) in [5.74, 6) is -0.176. The monoisotopic (exact) mass is 442 g/mol. The van der Waals surface area contributed by atoms with E-state index in [2.05, 4.69) is 6.92 Å². The second kappa shape index (κ2) is 10.7. The summed E-state index contributed by atoms with van der Waals surface area (Å²) in [7, 11) is -3.41. The SMILES string of the molecule is CCCc1ccc(C(=O)CCC(=O)N2CCN(S(=O)(=O)Cc3ccccc3)CC2)cc1. The number of rotatable bonds is 9. The standard InChI is InChI=1S/C24H30N2O4S/c1-2-6-20-9-11-22(12-10-20)23(27)13-14-24(28)25-15-17-26(18-16-25)31(29,30)19-21-7-4-3-5-8-21/h3-5,7-12H,2,6,13-19H2,1H3. The number of hydrogen-bond donors (Lipinski definition) is 0. The largest absolute Gasteiger partial charge is 0.340 e. The van der Waals surface area contributed by atoms with E-state index >= 15 is 0 Å². The molecule has 0 spiro atoms. The van der Waals surface area contributed by atoms with E-state index in [-0.39, 0.29) is 43.4 Å². The van der Waals surface area contributed by atoms with Crippen molar-refractivity contribution in [1.29, 1.82) is 0 Å². The minimum atomic E-state index is -3.41. The van der Waals surface area contributed by atoms with Crippen LogP contribution in [0, 0.1) is 0 Å². The molecule has 31 heavy (non-hydrogen) atoms. The maximum atomic E-state index is 12.6. The number of carbonyl (C=O) groups is 2. The van der Waals surface area contributed by atoms with Crippen LogP contribution in [0.15, 0.2) is 54.6 Å². The Hall–Kier alpha value is -2.51. The number of ketones is 1. The van der Waals surface area contributed by atoms with E-state index in [1.807, 2.05) is 42.5 Å². The minimum absolute atomic E-state index is 0.0344. The van der Waals surface area contributed by atoms with Gasteiger partial charge in [-0.2, -0.15) is 4.31 Å². The van der Waals surface area contributed by atoms with Crippen molar-refractivity contribution in [3.63, 3.8) is 0 Å². The molecule has 1 fully saturated rings. The van der Waals surface area contributed by atoms with Gasteiger partial charge in [0.05, 0.1) is 5.75 Å². The topological polar surface area (TPSA) is 74.8 Å². The first-order valence-corrected chi connectivity index (χ1v) is 12.4. The Kier molecular flexibility index (Phi) is 7.98. The molecule has 7 heteroatoms. The summed E-state index contributed by atoms with van der Waals surface area (Å²) in [5, 5.41) is 0. The molecule has 0 N–H and O–H groups in total. The molecule has 1 aliphatic heterocycles. The van der Waals surface area contributed by atoms with Crippen LogP contribution in [-0.2, 0) is 27.0 Å². The number of nitrogens with zero attached hydrogens (tertiary/aromatic N) is 2. The third-order valence-corrected chi connectivity index (χ3v) is 7.41. The van der Waals surface area contributed by atoms with Crippen LogP contribution in [0.25, 0.3) is 0 Å². The van der Waals surface area contributed by atoms with E-state index in [1.54, 1.807) is 17.0 Å². The van der Waals surface area contributed by atoms with E-state index < -0.39 is 10.0 Å². The Balaban J connectivity index is 1.46. The molecular formula is C24H30N2O4S. The van der Waals surface area contributed by atoms with Gasteiger partial charge in [0, 0.05) is 44.6 Å². The highest BCUT2D eigenvalue weighted by Crippen LogP contribution is 2.15. The second-order valence-electron chi connectivity index (χ2n) is 7.89. The lowest BCUT2D eigenvalue weighted by atomic mass is 10.0. The lowest BCUT2D eigenvalue weighted by molar-refractivity contribution is -0.132. The third kappa shape index (κ3) is 6.48. The normalized spacial score (nSPS) is 15.1. The van der Waals surface area contributed by atoms with Crippen LogP contribution in [0.5, 0.6) is 0 Å². The van der Waals surface area contributed by atoms with Crippen LogP contribution < -0.4 is 0 Å². The maximum absolute atomic E-state index is 12.6. The predicted molar refractivity (Wildman–Crippen MR) is 121 cm³/mol. The van der Waals surface area contributed by atoms with Gasteiger partial charge in [-0.25, -0.2) is 8.42 Å². The molecule has 0 unspecified atom stereocenters. The van der Waals surface area contributed by atoms with Gasteiger partial charge in [-0.05, 0) is 17.5 Å². The fourth-order valence-corrected chi connectivity index (χ4v) is 5.28. The zero-order valence-electron chi connectivity index (χ0n) is 18.0. The van der Waals surface area contributed by atoms with Crippen LogP contribution in [0.1, 0.15) is 47.7 Å². The first-order chi connectivity index (χ1) is 14.9. The van der Waals surface area contributed by atoms with Gasteiger partial charge in [0.25, 0.3) is 0 Å². The van der Waals surface area contributed by atoms with Crippen molar-refractivity contribution in [2.24, 2.45) is 0 Å². The maximum Gasteiger partial charge on any atom is 0.223 e. The summed E-state index contributed by atoms with van der Waals surface area (Å²) >= 11 is 0. The molecule has 0 aliphatic carbocycles. The van der Waals surface area contributed by atoms with Crippen LogP contribution in [0.4, 0.5) is 0 Å². The molecule has 1 saturated heterocycles. The Morgan fingerprint density at radius 3 is 2.10 bits per heavy atom. The molecule has 0 radical (unpaired) electrons. The molecule has 3 rings (SSSR count). The molecule has 0 atom stereocenters. The zero-order chi connectivity index (χ0) is 22.3. The molecule has 1 heterocycles. The number of aryl methyl sites for hydroxylation is 1. The van der Waals surface area contributed by atoms with E-state index in [0.29, 0.717) is 18.7 Å². The Bertz CT molecular complexity index is 980. The highest BCUT2D eigenvalue weighted by atomic mass is 32.2. The molecule has 1 amide bonds. The second-order valence-corrected chi connectivity index (χ2v) is 9.86. The number of sulfonamides is 1. The summed E-state index contributed by atoms with van der Waals surface area (Å²) in [4.78, 5) is 26.6. The molecule has 2 aromatic rings. The van der Waals surface area contributed by atoms with E-state index in [0.717, 1.165) is 18.4 Å². The van der Waals surface area contributed by atoms with Crippen molar-refractivity contribution in [3.05, 3.63) is 71.3 Å². The number of amides is 1. The minimum Gasteiger partial charge on any atom is -0.340 e. The Morgan fingerprint density at radius 1 is 0.839 bits per heavy atom. The number of hydrogen-bond acceptors (Lipinski definition) is 4. The van der Waals surface area contributed by atoms with Crippen LogP contribution >= 0.6 is 0 Å². The fraction of sp³-hybridized carbons (Fsp3) is 0.417. The molecule has 1 aliphatic rings. The summed E-state index contributed by atoms with van der Waals surface area (Å²) in [5.41, 5.74) is 2.59. The Morgan fingerprint density at radius 2 is 1.48 bits per heavy atom. The van der Waals surface area contributed by atoms with Gasteiger partial charge in [-0.1, -0.05) is 67.9 Å². The van der Waals surface area contributed by atoms with Gasteiger partial charge >= 0.3 is 0 Å². The van der Waals surface area contributed by atoms with Crippen molar-refractivity contribution in [3.8, 4) is 0 Å². The predicted octanol–water partition coefficient (Wildman–Crippen LogP) is 3.28. The number of Topliss-reactive ketones (excluding diaryl/α,β-unsaturated/α-hetero) is 1. The van der Waals surface area contributed by atoms with Crippen molar-refractivity contribution in [2.75, 3.05) is 26.2 Å². The van der Waals surface area contributed by atoms with Crippen molar-refractivity contribution >= 4 is 21.7 Å². The van der Waals surface area contributed by atoms with Crippen molar-refractivity contribution < 1.29 is 18.0 Å². The lowest BCUT2D eigenvalue weighted by Crippen LogP contribution is -2.50. The van der Waals surface area contributed by atoms with Gasteiger partial charge in [0.15, 0.2) is 5.78 Å². The quantitative estimate of drug-likeness (QED) is 0.559. The van der Waals surface area contributed by atoms with E-state index in [4.69, 9.17) is 0 Å².